The number of carbonyl (C=O) groups excluding carboxylic acids is 1. The number of oxazole rings is 1. The number of carbonyl (C=O) groups is 1. The summed E-state index contributed by atoms with van der Waals surface area (Å²) in [6.07, 6.45) is 0.663. The summed E-state index contributed by atoms with van der Waals surface area (Å²) < 4.78 is 4.94. The molecule has 1 amide bonds. The molecule has 2 rings (SSSR count). The number of amides is 1. The van der Waals surface area contributed by atoms with Crippen molar-refractivity contribution in [2.75, 3.05) is 13.1 Å². The number of hydrogen-bond acceptors (Lipinski definition) is 4. The molecule has 0 aliphatic heterocycles. The van der Waals surface area contributed by atoms with E-state index in [1.807, 2.05) is 6.07 Å². The van der Waals surface area contributed by atoms with Gasteiger partial charge in [0.15, 0.2) is 5.58 Å². The summed E-state index contributed by atoms with van der Waals surface area (Å²) in [6, 6.07) is 5.44. The van der Waals surface area contributed by atoms with Crippen molar-refractivity contribution in [1.29, 1.82) is 0 Å². The van der Waals surface area contributed by atoms with Crippen LogP contribution in [0.3, 0.4) is 0 Å². The van der Waals surface area contributed by atoms with Crippen LogP contribution in [-0.4, -0.2) is 24.0 Å². The van der Waals surface area contributed by atoms with Crippen molar-refractivity contribution in [2.45, 2.75) is 6.42 Å². The summed E-state index contributed by atoms with van der Waals surface area (Å²) in [5.74, 6) is -0.646. The molecule has 17 heavy (non-hydrogen) atoms. The minimum atomic E-state index is -0.464. The van der Waals surface area contributed by atoms with E-state index in [0.29, 0.717) is 24.1 Å². The molecule has 0 unspecified atom stereocenters. The van der Waals surface area contributed by atoms with Gasteiger partial charge in [0.25, 0.3) is 0 Å². The van der Waals surface area contributed by atoms with Crippen molar-refractivity contribution in [1.82, 2.24) is 10.3 Å². The summed E-state index contributed by atoms with van der Waals surface area (Å²) in [6.45, 7) is 0.502. The van der Waals surface area contributed by atoms with E-state index < -0.39 is 5.76 Å². The third-order valence-corrected chi connectivity index (χ3v) is 2.41. The molecule has 4 N–H and O–H groups in total. The molecule has 0 atom stereocenters. The Morgan fingerprint density at radius 2 is 2.29 bits per heavy atom. The standard InChI is InChI=1S/C11H13N3O3/c12-6-10(15)13-4-3-7-1-2-8-9(5-7)17-11(16)14-8/h1-2,5H,3-4,6,12H2,(H,13,15)(H,14,16). The van der Waals surface area contributed by atoms with E-state index in [9.17, 15) is 9.59 Å². The Kier molecular flexibility index (Phi) is 3.24. The van der Waals surface area contributed by atoms with Gasteiger partial charge in [0.05, 0.1) is 12.1 Å². The van der Waals surface area contributed by atoms with E-state index in [4.69, 9.17) is 10.2 Å². The second-order valence-corrected chi connectivity index (χ2v) is 3.65. The van der Waals surface area contributed by atoms with Gasteiger partial charge in [-0.05, 0) is 24.1 Å². The second-order valence-electron chi connectivity index (χ2n) is 3.65. The zero-order valence-corrected chi connectivity index (χ0v) is 9.16. The molecule has 1 aromatic heterocycles. The SMILES string of the molecule is NCC(=O)NCCc1ccc2[nH]c(=O)oc2c1. The van der Waals surface area contributed by atoms with Crippen molar-refractivity contribution in [3.63, 3.8) is 0 Å². The van der Waals surface area contributed by atoms with Crippen LogP contribution in [0.2, 0.25) is 0 Å². The summed E-state index contributed by atoms with van der Waals surface area (Å²) >= 11 is 0. The molecular formula is C11H13N3O3. The average Bonchev–Trinajstić information content (AvgIpc) is 2.68. The number of aromatic nitrogens is 1. The molecule has 6 nitrogen and oxygen atoms in total. The van der Waals surface area contributed by atoms with Gasteiger partial charge in [-0.3, -0.25) is 9.78 Å². The molecule has 6 heteroatoms. The molecule has 0 bridgehead atoms. The van der Waals surface area contributed by atoms with E-state index in [2.05, 4.69) is 10.3 Å². The van der Waals surface area contributed by atoms with Gasteiger partial charge >= 0.3 is 5.76 Å². The average molecular weight is 235 g/mol. The molecule has 0 spiro atoms. The Hall–Kier alpha value is -2.08. The van der Waals surface area contributed by atoms with Gasteiger partial charge in [-0.25, -0.2) is 4.79 Å². The first-order valence-corrected chi connectivity index (χ1v) is 5.27. The molecular weight excluding hydrogens is 222 g/mol. The molecule has 90 valence electrons. The van der Waals surface area contributed by atoms with Crippen LogP contribution in [-0.2, 0) is 11.2 Å². The lowest BCUT2D eigenvalue weighted by Crippen LogP contribution is -2.31. The lowest BCUT2D eigenvalue weighted by Gasteiger charge is -2.03. The smallest absolute Gasteiger partial charge is 0.408 e. The van der Waals surface area contributed by atoms with E-state index in [1.54, 1.807) is 12.1 Å². The van der Waals surface area contributed by atoms with Gasteiger partial charge in [0.1, 0.15) is 0 Å². The third-order valence-electron chi connectivity index (χ3n) is 2.41. The first kappa shape index (κ1) is 11.4. The first-order valence-electron chi connectivity index (χ1n) is 5.27. The predicted octanol–water partition coefficient (Wildman–Crippen LogP) is -0.261. The molecule has 0 saturated carbocycles. The van der Waals surface area contributed by atoms with Crippen LogP contribution in [0.4, 0.5) is 0 Å². The highest BCUT2D eigenvalue weighted by Gasteiger charge is 2.02. The van der Waals surface area contributed by atoms with Gasteiger partial charge < -0.3 is 15.5 Å². The second kappa shape index (κ2) is 4.84. The third kappa shape index (κ3) is 2.73. The van der Waals surface area contributed by atoms with Crippen molar-refractivity contribution in [2.24, 2.45) is 5.73 Å². The molecule has 0 aliphatic carbocycles. The first-order chi connectivity index (χ1) is 8.19. The Labute approximate surface area is 96.8 Å². The maximum absolute atomic E-state index is 10.9. The molecule has 1 heterocycles. The summed E-state index contributed by atoms with van der Waals surface area (Å²) in [7, 11) is 0. The van der Waals surface area contributed by atoms with Crippen LogP contribution >= 0.6 is 0 Å². The van der Waals surface area contributed by atoms with E-state index >= 15 is 0 Å². The molecule has 0 saturated heterocycles. The van der Waals surface area contributed by atoms with Crippen LogP contribution in [0.5, 0.6) is 0 Å². The van der Waals surface area contributed by atoms with Crippen LogP contribution in [0.15, 0.2) is 27.4 Å². The quantitative estimate of drug-likeness (QED) is 0.679. The molecule has 0 radical (unpaired) electrons. The van der Waals surface area contributed by atoms with Gasteiger partial charge in [-0.1, -0.05) is 6.07 Å². The highest BCUT2D eigenvalue weighted by atomic mass is 16.4. The maximum atomic E-state index is 10.9. The number of hydrogen-bond donors (Lipinski definition) is 3. The number of fused-ring (bicyclic) bond motifs is 1. The zero-order chi connectivity index (χ0) is 12.3. The Morgan fingerprint density at radius 1 is 1.47 bits per heavy atom. The molecule has 0 aliphatic rings. The van der Waals surface area contributed by atoms with Gasteiger partial charge in [0.2, 0.25) is 5.91 Å². The fourth-order valence-corrected chi connectivity index (χ4v) is 1.56. The fourth-order valence-electron chi connectivity index (χ4n) is 1.56. The largest absolute Gasteiger partial charge is 0.417 e. The van der Waals surface area contributed by atoms with Crippen molar-refractivity contribution < 1.29 is 9.21 Å². The van der Waals surface area contributed by atoms with Crippen molar-refractivity contribution in [3.8, 4) is 0 Å². The number of nitrogens with two attached hydrogens (primary N) is 1. The van der Waals surface area contributed by atoms with Gasteiger partial charge in [-0.15, -0.1) is 0 Å². The lowest BCUT2D eigenvalue weighted by molar-refractivity contribution is -0.119. The highest BCUT2D eigenvalue weighted by Crippen LogP contribution is 2.12. The van der Waals surface area contributed by atoms with Gasteiger partial charge in [-0.2, -0.15) is 0 Å². The number of nitrogens with one attached hydrogen (secondary N) is 2. The number of rotatable bonds is 4. The predicted molar refractivity (Wildman–Crippen MR) is 62.6 cm³/mol. The molecule has 2 aromatic rings. The monoisotopic (exact) mass is 235 g/mol. The fraction of sp³-hybridized carbons (Fsp3) is 0.273. The van der Waals surface area contributed by atoms with Crippen LogP contribution in [0.25, 0.3) is 11.1 Å². The topological polar surface area (TPSA) is 101 Å². The Balaban J connectivity index is 2.04. The van der Waals surface area contributed by atoms with Crippen LogP contribution in [0, 0.1) is 0 Å². The summed E-state index contributed by atoms with van der Waals surface area (Å²) in [5.41, 5.74) is 7.34. The zero-order valence-electron chi connectivity index (χ0n) is 9.16. The van der Waals surface area contributed by atoms with Crippen LogP contribution in [0.1, 0.15) is 5.56 Å². The van der Waals surface area contributed by atoms with Crippen molar-refractivity contribution in [3.05, 3.63) is 34.3 Å². The Bertz CT molecular complexity index is 585. The summed E-state index contributed by atoms with van der Waals surface area (Å²) in [4.78, 5) is 24.4. The normalized spacial score (nSPS) is 10.6. The number of H-pyrrole nitrogens is 1. The Morgan fingerprint density at radius 3 is 3.06 bits per heavy atom. The van der Waals surface area contributed by atoms with Crippen LogP contribution < -0.4 is 16.8 Å². The maximum Gasteiger partial charge on any atom is 0.417 e. The van der Waals surface area contributed by atoms with E-state index in [0.717, 1.165) is 5.56 Å². The highest BCUT2D eigenvalue weighted by molar-refractivity contribution is 5.77. The lowest BCUT2D eigenvalue weighted by atomic mass is 10.1. The van der Waals surface area contributed by atoms with E-state index in [1.165, 1.54) is 0 Å². The van der Waals surface area contributed by atoms with Gasteiger partial charge in [0, 0.05) is 6.54 Å². The minimum absolute atomic E-state index is 0.00821. The number of benzene rings is 1. The molecule has 1 aromatic carbocycles. The van der Waals surface area contributed by atoms with Crippen molar-refractivity contribution >= 4 is 17.0 Å². The number of aromatic amines is 1. The minimum Gasteiger partial charge on any atom is -0.408 e. The summed E-state index contributed by atoms with van der Waals surface area (Å²) in [5, 5.41) is 2.67. The molecule has 0 fully saturated rings. The van der Waals surface area contributed by atoms with E-state index in [-0.39, 0.29) is 12.5 Å².